The molecule has 0 saturated heterocycles. The van der Waals surface area contributed by atoms with Gasteiger partial charge in [-0.25, -0.2) is 0 Å². The van der Waals surface area contributed by atoms with Crippen LogP contribution in [0.25, 0.3) is 0 Å². The molecule has 0 saturated carbocycles. The summed E-state index contributed by atoms with van der Waals surface area (Å²) in [6.45, 7) is 4.09. The number of allylic oxidation sites excluding steroid dienone is 4. The van der Waals surface area contributed by atoms with Crippen molar-refractivity contribution in [3.05, 3.63) is 24.3 Å². The normalized spacial score (nSPS) is 13.8. The first-order chi connectivity index (χ1) is 33.5. The SMILES string of the molecule is CCCCCCCCCCCCCCCCCCC/C=C/CC/C=C/CCCC(O)C(O)C(CO)NC(=O)C(O)CCCCCCCCCCCCCCCCCCCCCCCCCCCC. The quantitative estimate of drug-likeness (QED) is 0.0308. The summed E-state index contributed by atoms with van der Waals surface area (Å²) < 4.78 is 0. The Morgan fingerprint density at radius 3 is 0.926 bits per heavy atom. The maximum Gasteiger partial charge on any atom is 0.249 e. The Labute approximate surface area is 425 Å². The third-order valence-corrected chi connectivity index (χ3v) is 14.6. The van der Waals surface area contributed by atoms with E-state index in [-0.39, 0.29) is 0 Å². The highest BCUT2D eigenvalue weighted by Crippen LogP contribution is 2.18. The molecule has 0 heterocycles. The number of aliphatic hydroxyl groups is 4. The van der Waals surface area contributed by atoms with E-state index in [2.05, 4.69) is 43.5 Å². The van der Waals surface area contributed by atoms with Crippen molar-refractivity contribution in [1.82, 2.24) is 5.32 Å². The topological polar surface area (TPSA) is 110 Å². The van der Waals surface area contributed by atoms with E-state index in [1.165, 1.54) is 263 Å². The standard InChI is InChI=1S/C62H121NO5/c1-3-5-7-9-11-13-15-17-19-21-23-25-27-29-31-33-35-37-39-41-43-45-47-49-51-53-55-59(65)61(67)58(57-64)63-62(68)60(66)56-54-52-50-48-46-44-42-40-38-36-34-32-30-28-26-24-22-20-18-16-14-12-10-8-6-4-2/h39,41,47,49,58-61,64-67H,3-38,40,42-46,48,50-57H2,1-2H3,(H,63,68)/b41-39+,49-47+. The second-order valence-electron chi connectivity index (χ2n) is 21.4. The monoisotopic (exact) mass is 960 g/mol. The predicted molar refractivity (Wildman–Crippen MR) is 298 cm³/mol. The average molecular weight is 961 g/mol. The smallest absolute Gasteiger partial charge is 0.249 e. The Morgan fingerprint density at radius 1 is 0.353 bits per heavy atom. The number of carbonyl (C=O) groups is 1. The first kappa shape index (κ1) is 66.8. The van der Waals surface area contributed by atoms with Crippen molar-refractivity contribution in [3.8, 4) is 0 Å². The van der Waals surface area contributed by atoms with Gasteiger partial charge >= 0.3 is 0 Å². The van der Waals surface area contributed by atoms with Gasteiger partial charge in [0, 0.05) is 0 Å². The fourth-order valence-corrected chi connectivity index (χ4v) is 9.84. The van der Waals surface area contributed by atoms with Crippen LogP contribution >= 0.6 is 0 Å². The zero-order valence-electron chi connectivity index (χ0n) is 45.9. The van der Waals surface area contributed by atoms with Gasteiger partial charge in [-0.15, -0.1) is 0 Å². The molecule has 0 fully saturated rings. The van der Waals surface area contributed by atoms with E-state index in [0.717, 1.165) is 38.5 Å². The Bertz CT molecular complexity index is 1030. The van der Waals surface area contributed by atoms with Gasteiger partial charge < -0.3 is 25.7 Å². The largest absolute Gasteiger partial charge is 0.394 e. The summed E-state index contributed by atoms with van der Waals surface area (Å²) in [5, 5.41) is 44.0. The van der Waals surface area contributed by atoms with Crippen molar-refractivity contribution in [1.29, 1.82) is 0 Å². The number of hydrogen-bond acceptors (Lipinski definition) is 5. The Hall–Kier alpha value is -1.21. The van der Waals surface area contributed by atoms with Gasteiger partial charge in [0.2, 0.25) is 5.91 Å². The summed E-state index contributed by atoms with van der Waals surface area (Å²) in [5.74, 6) is -0.591. The highest BCUT2D eigenvalue weighted by molar-refractivity contribution is 5.80. The molecule has 0 rings (SSSR count). The van der Waals surface area contributed by atoms with Crippen molar-refractivity contribution in [3.63, 3.8) is 0 Å². The van der Waals surface area contributed by atoms with Gasteiger partial charge in [0.05, 0.1) is 18.8 Å². The van der Waals surface area contributed by atoms with Gasteiger partial charge in [-0.1, -0.05) is 308 Å². The van der Waals surface area contributed by atoms with Crippen molar-refractivity contribution in [2.45, 2.75) is 359 Å². The lowest BCUT2D eigenvalue weighted by molar-refractivity contribution is -0.132. The second-order valence-corrected chi connectivity index (χ2v) is 21.4. The number of hydrogen-bond donors (Lipinski definition) is 5. The minimum Gasteiger partial charge on any atom is -0.394 e. The number of aliphatic hydroxyl groups excluding tert-OH is 4. The fraction of sp³-hybridized carbons (Fsp3) is 0.919. The van der Waals surface area contributed by atoms with Crippen LogP contribution in [-0.2, 0) is 4.79 Å². The molecule has 1 amide bonds. The van der Waals surface area contributed by atoms with Crippen LogP contribution in [-0.4, -0.2) is 57.3 Å². The van der Waals surface area contributed by atoms with Crippen LogP contribution in [0, 0.1) is 0 Å². The summed E-state index contributed by atoms with van der Waals surface area (Å²) >= 11 is 0. The van der Waals surface area contributed by atoms with E-state index in [1.807, 2.05) is 0 Å². The van der Waals surface area contributed by atoms with Crippen LogP contribution in [0.3, 0.4) is 0 Å². The number of rotatable bonds is 57. The highest BCUT2D eigenvalue weighted by Gasteiger charge is 2.28. The van der Waals surface area contributed by atoms with E-state index in [1.54, 1.807) is 0 Å². The predicted octanol–water partition coefficient (Wildman–Crippen LogP) is 18.2. The molecule has 0 aromatic rings. The molecule has 0 aliphatic rings. The van der Waals surface area contributed by atoms with Crippen LogP contribution in [0.4, 0.5) is 0 Å². The Balaban J connectivity index is 3.63. The van der Waals surface area contributed by atoms with E-state index in [0.29, 0.717) is 19.3 Å². The molecule has 0 spiro atoms. The van der Waals surface area contributed by atoms with Gasteiger partial charge in [0.15, 0.2) is 0 Å². The zero-order chi connectivity index (χ0) is 49.5. The molecule has 0 aromatic heterocycles. The lowest BCUT2D eigenvalue weighted by Gasteiger charge is -2.27. The fourth-order valence-electron chi connectivity index (χ4n) is 9.84. The third-order valence-electron chi connectivity index (χ3n) is 14.6. The van der Waals surface area contributed by atoms with Gasteiger partial charge in [-0.05, 0) is 51.4 Å². The van der Waals surface area contributed by atoms with Gasteiger partial charge in [0.1, 0.15) is 12.2 Å². The Morgan fingerprint density at radius 2 is 0.618 bits per heavy atom. The molecule has 68 heavy (non-hydrogen) atoms. The van der Waals surface area contributed by atoms with Crippen LogP contribution in [0.15, 0.2) is 24.3 Å². The first-order valence-electron chi connectivity index (χ1n) is 30.7. The molecular formula is C62H121NO5. The van der Waals surface area contributed by atoms with E-state index in [4.69, 9.17) is 0 Å². The highest BCUT2D eigenvalue weighted by atomic mass is 16.3. The summed E-state index contributed by atoms with van der Waals surface area (Å²) in [6.07, 6.45) is 69.8. The first-order valence-corrected chi connectivity index (χ1v) is 30.7. The number of nitrogens with one attached hydrogen (secondary N) is 1. The summed E-state index contributed by atoms with van der Waals surface area (Å²) in [6, 6.07) is -1.01. The van der Waals surface area contributed by atoms with Gasteiger partial charge in [-0.3, -0.25) is 4.79 Å². The maximum absolute atomic E-state index is 12.6. The molecule has 0 aromatic carbocycles. The van der Waals surface area contributed by atoms with Crippen molar-refractivity contribution in [2.24, 2.45) is 0 Å². The van der Waals surface area contributed by atoms with E-state index < -0.39 is 36.9 Å². The second kappa shape index (κ2) is 56.7. The average Bonchev–Trinajstić information content (AvgIpc) is 3.34. The third kappa shape index (κ3) is 49.8. The molecular weight excluding hydrogens is 839 g/mol. The van der Waals surface area contributed by atoms with Crippen molar-refractivity contribution < 1.29 is 25.2 Å². The molecule has 4 unspecified atom stereocenters. The van der Waals surface area contributed by atoms with Crippen LogP contribution in [0.2, 0.25) is 0 Å². The Kier molecular flexibility index (Phi) is 55.7. The molecule has 6 nitrogen and oxygen atoms in total. The maximum atomic E-state index is 12.6. The van der Waals surface area contributed by atoms with E-state index >= 15 is 0 Å². The molecule has 6 heteroatoms. The number of amides is 1. The molecule has 5 N–H and O–H groups in total. The molecule has 0 aliphatic carbocycles. The zero-order valence-corrected chi connectivity index (χ0v) is 45.9. The minimum absolute atomic E-state index is 0.365. The van der Waals surface area contributed by atoms with Crippen molar-refractivity contribution >= 4 is 5.91 Å². The molecule has 0 aliphatic heterocycles. The molecule has 404 valence electrons. The summed E-state index contributed by atoms with van der Waals surface area (Å²) in [4.78, 5) is 12.6. The number of carbonyl (C=O) groups excluding carboxylic acids is 1. The summed E-state index contributed by atoms with van der Waals surface area (Å²) in [5.41, 5.74) is 0. The molecule has 4 atom stereocenters. The van der Waals surface area contributed by atoms with Crippen LogP contribution < -0.4 is 5.32 Å². The number of unbranched alkanes of at least 4 members (excludes halogenated alkanes) is 44. The molecule has 0 bridgehead atoms. The lowest BCUT2D eigenvalue weighted by Crippen LogP contribution is -2.53. The van der Waals surface area contributed by atoms with Crippen molar-refractivity contribution in [2.75, 3.05) is 6.61 Å². The van der Waals surface area contributed by atoms with E-state index in [9.17, 15) is 25.2 Å². The molecule has 0 radical (unpaired) electrons. The minimum atomic E-state index is -1.29. The van der Waals surface area contributed by atoms with Crippen LogP contribution in [0.1, 0.15) is 335 Å². The van der Waals surface area contributed by atoms with Gasteiger partial charge in [0.25, 0.3) is 0 Å². The summed E-state index contributed by atoms with van der Waals surface area (Å²) in [7, 11) is 0. The van der Waals surface area contributed by atoms with Gasteiger partial charge in [-0.2, -0.15) is 0 Å². The lowest BCUT2D eigenvalue weighted by atomic mass is 10.00. The van der Waals surface area contributed by atoms with Crippen LogP contribution in [0.5, 0.6) is 0 Å².